The minimum absolute atomic E-state index is 0.171. The predicted molar refractivity (Wildman–Crippen MR) is 124 cm³/mol. The van der Waals surface area contributed by atoms with E-state index in [1.54, 1.807) is 30.2 Å². The molecule has 0 radical (unpaired) electrons. The summed E-state index contributed by atoms with van der Waals surface area (Å²) < 4.78 is 11.7. The summed E-state index contributed by atoms with van der Waals surface area (Å²) in [4.78, 5) is 1.20. The van der Waals surface area contributed by atoms with Gasteiger partial charge >= 0.3 is 0 Å². The Hall–Kier alpha value is -1.82. The average molecular weight is 413 g/mol. The average Bonchev–Trinajstić information content (AvgIpc) is 3.20. The molecule has 0 aliphatic heterocycles. The largest absolute Gasteiger partial charge is 0.464 e. The first-order chi connectivity index (χ1) is 13.3. The molecular formula is C23H28N2OS2. The Morgan fingerprint density at radius 2 is 1.75 bits per heavy atom. The van der Waals surface area contributed by atoms with E-state index in [1.165, 1.54) is 10.5 Å². The number of rotatable bonds is 7. The Morgan fingerprint density at radius 1 is 1.00 bits per heavy atom. The Labute approximate surface area is 177 Å². The van der Waals surface area contributed by atoms with Crippen LogP contribution in [0.2, 0.25) is 0 Å². The summed E-state index contributed by atoms with van der Waals surface area (Å²) in [5, 5.41) is 0. The van der Waals surface area contributed by atoms with E-state index in [1.807, 2.05) is 18.2 Å². The quantitative estimate of drug-likeness (QED) is 0.415. The van der Waals surface area contributed by atoms with Crippen LogP contribution in [0.25, 0.3) is 11.3 Å². The first-order valence-electron chi connectivity index (χ1n) is 9.41. The molecule has 3 aromatic rings. The Morgan fingerprint density at radius 3 is 2.39 bits per heavy atom. The molecule has 0 amide bonds. The van der Waals surface area contributed by atoms with Gasteiger partial charge in [-0.15, -0.1) is 0 Å². The molecule has 148 valence electrons. The van der Waals surface area contributed by atoms with E-state index in [9.17, 15) is 0 Å². The fourth-order valence-electron chi connectivity index (χ4n) is 2.75. The van der Waals surface area contributed by atoms with Crippen molar-refractivity contribution < 1.29 is 4.42 Å². The maximum atomic E-state index is 5.75. The smallest absolute Gasteiger partial charge is 0.135 e. The molecular weight excluding hydrogens is 384 g/mol. The molecule has 3 rings (SSSR count). The Balaban J connectivity index is 1.88. The Kier molecular flexibility index (Phi) is 6.81. The van der Waals surface area contributed by atoms with E-state index < -0.39 is 0 Å². The second-order valence-corrected chi connectivity index (χ2v) is 10.6. The van der Waals surface area contributed by atoms with Gasteiger partial charge in [-0.05, 0) is 81.6 Å². The number of anilines is 1. The topological polar surface area (TPSA) is 28.4 Å². The van der Waals surface area contributed by atoms with Crippen molar-refractivity contribution in [2.24, 2.45) is 0 Å². The fraction of sp³-hybridized carbons (Fsp3) is 0.304. The third kappa shape index (κ3) is 5.60. The van der Waals surface area contributed by atoms with E-state index in [2.05, 4.69) is 86.2 Å². The van der Waals surface area contributed by atoms with Crippen LogP contribution in [0, 0.1) is 0 Å². The number of benzene rings is 2. The van der Waals surface area contributed by atoms with Crippen LogP contribution in [0.15, 0.2) is 76.2 Å². The molecule has 1 unspecified atom stereocenters. The maximum Gasteiger partial charge on any atom is 0.135 e. The lowest BCUT2D eigenvalue weighted by molar-refractivity contribution is 0.582. The third-order valence-electron chi connectivity index (χ3n) is 4.17. The van der Waals surface area contributed by atoms with Crippen LogP contribution in [-0.4, -0.2) is 11.8 Å². The molecule has 5 heteroatoms. The summed E-state index contributed by atoms with van der Waals surface area (Å²) in [7, 11) is 2.09. The van der Waals surface area contributed by atoms with Gasteiger partial charge in [-0.25, -0.2) is 0 Å². The van der Waals surface area contributed by atoms with Crippen LogP contribution in [0.4, 0.5) is 5.69 Å². The van der Waals surface area contributed by atoms with Crippen molar-refractivity contribution in [1.82, 2.24) is 4.72 Å². The highest BCUT2D eigenvalue weighted by atomic mass is 32.2. The molecule has 0 bridgehead atoms. The van der Waals surface area contributed by atoms with Gasteiger partial charge in [0.2, 0.25) is 0 Å². The van der Waals surface area contributed by atoms with Crippen LogP contribution in [0.1, 0.15) is 39.3 Å². The number of hydrogen-bond acceptors (Lipinski definition) is 5. The molecule has 0 aliphatic rings. The van der Waals surface area contributed by atoms with Gasteiger partial charge in [0, 0.05) is 28.3 Å². The monoisotopic (exact) mass is 412 g/mol. The minimum atomic E-state index is 0.171. The maximum absolute atomic E-state index is 5.75. The number of nitrogens with one attached hydrogen (secondary N) is 1. The highest BCUT2D eigenvalue weighted by Crippen LogP contribution is 2.38. The van der Waals surface area contributed by atoms with Crippen LogP contribution in [-0.2, 0) is 0 Å². The van der Waals surface area contributed by atoms with Crippen molar-refractivity contribution in [2.75, 3.05) is 11.4 Å². The summed E-state index contributed by atoms with van der Waals surface area (Å²) in [5.74, 6) is 0.882. The predicted octanol–water partition coefficient (Wildman–Crippen LogP) is 7.19. The molecule has 1 heterocycles. The van der Waals surface area contributed by atoms with Crippen molar-refractivity contribution in [1.29, 1.82) is 0 Å². The van der Waals surface area contributed by atoms with Crippen LogP contribution >= 0.6 is 23.9 Å². The lowest BCUT2D eigenvalue weighted by atomic mass is 10.0. The van der Waals surface area contributed by atoms with E-state index >= 15 is 0 Å². The molecule has 2 aromatic carbocycles. The number of nitrogens with zero attached hydrogens (tertiary/aromatic N) is 1. The summed E-state index contributed by atoms with van der Waals surface area (Å²) in [6.45, 7) is 8.84. The van der Waals surface area contributed by atoms with Gasteiger partial charge in [0.05, 0.1) is 12.0 Å². The van der Waals surface area contributed by atoms with Crippen molar-refractivity contribution in [2.45, 2.75) is 43.4 Å². The summed E-state index contributed by atoms with van der Waals surface area (Å²) in [6, 6.07) is 21.2. The molecule has 1 atom stereocenters. The zero-order chi connectivity index (χ0) is 20.1. The normalized spacial score (nSPS) is 12.8. The van der Waals surface area contributed by atoms with Crippen molar-refractivity contribution >= 4 is 29.6 Å². The van der Waals surface area contributed by atoms with Crippen LogP contribution < -0.4 is 9.03 Å². The van der Waals surface area contributed by atoms with E-state index in [0.29, 0.717) is 0 Å². The van der Waals surface area contributed by atoms with E-state index in [0.717, 1.165) is 17.0 Å². The second-order valence-electron chi connectivity index (χ2n) is 7.71. The second kappa shape index (κ2) is 9.12. The molecule has 0 saturated heterocycles. The number of furan rings is 1. The van der Waals surface area contributed by atoms with Crippen molar-refractivity contribution in [3.05, 3.63) is 72.5 Å². The molecule has 3 nitrogen and oxygen atoms in total. The van der Waals surface area contributed by atoms with E-state index in [4.69, 9.17) is 4.42 Å². The van der Waals surface area contributed by atoms with Gasteiger partial charge in [-0.2, -0.15) is 0 Å². The molecule has 0 aliphatic carbocycles. The van der Waals surface area contributed by atoms with Crippen molar-refractivity contribution in [3.8, 4) is 11.3 Å². The summed E-state index contributed by atoms with van der Waals surface area (Å²) in [5.41, 5.74) is 3.47. The third-order valence-corrected chi connectivity index (χ3v) is 6.21. The van der Waals surface area contributed by atoms with Crippen LogP contribution in [0.5, 0.6) is 0 Å². The standard InChI is InChI=1S/C23H28N2OS2/c1-17(24-28-23(2,3)4)18-13-14-21(20(16-18)22-12-9-15-26-22)25(5)27-19-10-7-6-8-11-19/h6-17,24H,1-5H3. The highest BCUT2D eigenvalue weighted by molar-refractivity contribution is 8.00. The highest BCUT2D eigenvalue weighted by Gasteiger charge is 2.18. The van der Waals surface area contributed by atoms with Gasteiger partial charge in [0.25, 0.3) is 0 Å². The molecule has 28 heavy (non-hydrogen) atoms. The van der Waals surface area contributed by atoms with Gasteiger partial charge in [-0.3, -0.25) is 4.72 Å². The molecule has 0 saturated carbocycles. The molecule has 1 N–H and O–H groups in total. The molecule has 0 spiro atoms. The first kappa shape index (κ1) is 20.9. The fourth-order valence-corrected chi connectivity index (χ4v) is 4.27. The molecule has 0 fully saturated rings. The minimum Gasteiger partial charge on any atom is -0.464 e. The SMILES string of the molecule is CC(NSC(C)(C)C)c1ccc(N(C)Sc2ccccc2)c(-c2ccco2)c1. The van der Waals surface area contributed by atoms with Gasteiger partial charge in [0.1, 0.15) is 5.76 Å². The zero-order valence-electron chi connectivity index (χ0n) is 17.1. The first-order valence-corrected chi connectivity index (χ1v) is 11.0. The van der Waals surface area contributed by atoms with Gasteiger partial charge in [-0.1, -0.05) is 36.2 Å². The van der Waals surface area contributed by atoms with Crippen molar-refractivity contribution in [3.63, 3.8) is 0 Å². The van der Waals surface area contributed by atoms with Gasteiger partial charge < -0.3 is 8.72 Å². The Bertz CT molecular complexity index is 873. The molecule has 1 aromatic heterocycles. The lowest BCUT2D eigenvalue weighted by Crippen LogP contribution is -2.20. The lowest BCUT2D eigenvalue weighted by Gasteiger charge is -2.24. The van der Waals surface area contributed by atoms with Crippen LogP contribution in [0.3, 0.4) is 0 Å². The summed E-state index contributed by atoms with van der Waals surface area (Å²) >= 11 is 3.47. The zero-order valence-corrected chi connectivity index (χ0v) is 18.7. The van der Waals surface area contributed by atoms with E-state index in [-0.39, 0.29) is 10.8 Å². The summed E-state index contributed by atoms with van der Waals surface area (Å²) in [6.07, 6.45) is 1.73. The van der Waals surface area contributed by atoms with Gasteiger partial charge in [0.15, 0.2) is 0 Å². The number of hydrogen-bond donors (Lipinski definition) is 1.